The highest BCUT2D eigenvalue weighted by Gasteiger charge is 2.22. The molecule has 0 radical (unpaired) electrons. The molecule has 0 saturated heterocycles. The molecule has 0 aliphatic heterocycles. The summed E-state index contributed by atoms with van der Waals surface area (Å²) in [6, 6.07) is 0. The Hall–Kier alpha value is -1.01. The topological polar surface area (TPSA) is 49.3 Å². The van der Waals surface area contributed by atoms with Gasteiger partial charge < -0.3 is 10.4 Å². The van der Waals surface area contributed by atoms with Gasteiger partial charge >= 0.3 is 0 Å². The van der Waals surface area contributed by atoms with Crippen LogP contribution in [0.15, 0.2) is 0 Å². The van der Waals surface area contributed by atoms with Crippen LogP contribution in [0.3, 0.4) is 0 Å². The second-order valence-electron chi connectivity index (χ2n) is 3.22. The van der Waals surface area contributed by atoms with E-state index in [1.807, 2.05) is 13.8 Å². The number of hydrogen-bond acceptors (Lipinski definition) is 2. The van der Waals surface area contributed by atoms with Crippen molar-refractivity contribution in [2.24, 2.45) is 0 Å². The van der Waals surface area contributed by atoms with E-state index < -0.39 is 0 Å². The minimum Gasteiger partial charge on any atom is -0.396 e. The Balaban J connectivity index is 4.23. The number of nitrogens with one attached hydrogen (secondary N) is 1. The summed E-state index contributed by atoms with van der Waals surface area (Å²) >= 11 is 0. The van der Waals surface area contributed by atoms with Crippen LogP contribution < -0.4 is 5.32 Å². The molecule has 0 aliphatic rings. The van der Waals surface area contributed by atoms with Gasteiger partial charge in [0.15, 0.2) is 0 Å². The van der Waals surface area contributed by atoms with Crippen molar-refractivity contribution in [3.63, 3.8) is 0 Å². The number of carbonyl (C=O) groups excluding carboxylic acids is 1. The summed E-state index contributed by atoms with van der Waals surface area (Å²) in [5, 5.41) is 11.6. The molecular formula is C10H17NO2. The average Bonchev–Trinajstić information content (AvgIpc) is 2.05. The van der Waals surface area contributed by atoms with Crippen molar-refractivity contribution in [2.75, 3.05) is 6.61 Å². The van der Waals surface area contributed by atoms with Crippen LogP contribution in [-0.4, -0.2) is 23.2 Å². The molecule has 1 atom stereocenters. The Bertz CT molecular complexity index is 227. The van der Waals surface area contributed by atoms with Crippen molar-refractivity contribution in [3.8, 4) is 11.8 Å². The van der Waals surface area contributed by atoms with Gasteiger partial charge in [-0.1, -0.05) is 12.8 Å². The highest BCUT2D eigenvalue weighted by molar-refractivity contribution is 5.93. The van der Waals surface area contributed by atoms with Gasteiger partial charge in [-0.05, 0) is 32.6 Å². The maximum Gasteiger partial charge on any atom is 0.296 e. The largest absolute Gasteiger partial charge is 0.396 e. The Morgan fingerprint density at radius 3 is 2.62 bits per heavy atom. The zero-order valence-electron chi connectivity index (χ0n) is 8.48. The molecule has 0 rings (SSSR count). The molecule has 3 nitrogen and oxygen atoms in total. The van der Waals surface area contributed by atoms with Crippen LogP contribution in [0.4, 0.5) is 0 Å². The second kappa shape index (κ2) is 5.60. The van der Waals surface area contributed by atoms with E-state index in [-0.39, 0.29) is 18.1 Å². The van der Waals surface area contributed by atoms with Crippen LogP contribution in [0.5, 0.6) is 0 Å². The van der Waals surface area contributed by atoms with Crippen LogP contribution in [0.25, 0.3) is 0 Å². The molecule has 0 aliphatic carbocycles. The summed E-state index contributed by atoms with van der Waals surface area (Å²) in [4.78, 5) is 11.1. The molecule has 13 heavy (non-hydrogen) atoms. The molecule has 0 saturated carbocycles. The van der Waals surface area contributed by atoms with Crippen LogP contribution in [0.1, 0.15) is 33.6 Å². The van der Waals surface area contributed by atoms with E-state index in [1.54, 1.807) is 6.92 Å². The first-order valence-electron chi connectivity index (χ1n) is 4.43. The highest BCUT2D eigenvalue weighted by Crippen LogP contribution is 2.12. The van der Waals surface area contributed by atoms with Crippen LogP contribution in [-0.2, 0) is 4.79 Å². The summed E-state index contributed by atoms with van der Waals surface area (Å²) in [5.41, 5.74) is -0.338. The number of aliphatic hydroxyl groups is 1. The minimum absolute atomic E-state index is 0.0736. The summed E-state index contributed by atoms with van der Waals surface area (Å²) in [6.45, 7) is 5.56. The third-order valence-corrected chi connectivity index (χ3v) is 2.10. The standard InChI is InChI=1S/C10H17NO2/c1-4-6-9(13)11-10(3,5-2)7-8-12/h12H,5,7-8H2,1-3H3,(H,11,13). The Kier molecular flexibility index (Phi) is 5.17. The van der Waals surface area contributed by atoms with Crippen molar-refractivity contribution in [1.29, 1.82) is 0 Å². The zero-order chi connectivity index (χ0) is 10.3. The molecule has 0 aromatic heterocycles. The molecule has 0 spiro atoms. The summed E-state index contributed by atoms with van der Waals surface area (Å²) < 4.78 is 0. The fourth-order valence-electron chi connectivity index (χ4n) is 0.993. The smallest absolute Gasteiger partial charge is 0.296 e. The number of aliphatic hydroxyl groups excluding tert-OH is 1. The predicted molar refractivity (Wildman–Crippen MR) is 52.0 cm³/mol. The van der Waals surface area contributed by atoms with Crippen LogP contribution >= 0.6 is 0 Å². The van der Waals surface area contributed by atoms with Gasteiger partial charge in [-0.2, -0.15) is 0 Å². The van der Waals surface area contributed by atoms with E-state index in [9.17, 15) is 4.79 Å². The first kappa shape index (κ1) is 12.0. The Morgan fingerprint density at radius 1 is 1.62 bits per heavy atom. The molecule has 1 amide bonds. The predicted octanol–water partition coefficient (Wildman–Crippen LogP) is 0.677. The first-order chi connectivity index (χ1) is 6.08. The van der Waals surface area contributed by atoms with Crippen molar-refractivity contribution in [1.82, 2.24) is 5.32 Å². The number of rotatable bonds is 4. The molecule has 0 bridgehead atoms. The van der Waals surface area contributed by atoms with Gasteiger partial charge in [0.1, 0.15) is 0 Å². The molecule has 0 aromatic rings. The molecule has 0 heterocycles. The van der Waals surface area contributed by atoms with E-state index in [0.717, 1.165) is 6.42 Å². The monoisotopic (exact) mass is 183 g/mol. The lowest BCUT2D eigenvalue weighted by molar-refractivity contribution is -0.117. The van der Waals surface area contributed by atoms with Crippen molar-refractivity contribution >= 4 is 5.91 Å². The lowest BCUT2D eigenvalue weighted by Crippen LogP contribution is -2.45. The molecular weight excluding hydrogens is 166 g/mol. The van der Waals surface area contributed by atoms with E-state index in [2.05, 4.69) is 17.2 Å². The summed E-state index contributed by atoms with van der Waals surface area (Å²) in [6.07, 6.45) is 1.34. The normalized spacial score (nSPS) is 13.8. The van der Waals surface area contributed by atoms with Gasteiger partial charge in [-0.25, -0.2) is 0 Å². The van der Waals surface area contributed by atoms with Crippen molar-refractivity contribution < 1.29 is 9.90 Å². The fraction of sp³-hybridized carbons (Fsp3) is 0.700. The highest BCUT2D eigenvalue weighted by atomic mass is 16.3. The maximum absolute atomic E-state index is 11.1. The second-order valence-corrected chi connectivity index (χ2v) is 3.22. The van der Waals surface area contributed by atoms with Gasteiger partial charge in [0.25, 0.3) is 5.91 Å². The van der Waals surface area contributed by atoms with E-state index in [1.165, 1.54) is 0 Å². The molecule has 0 aromatic carbocycles. The molecule has 74 valence electrons. The van der Waals surface area contributed by atoms with Crippen LogP contribution in [0, 0.1) is 11.8 Å². The van der Waals surface area contributed by atoms with Gasteiger partial charge in [0, 0.05) is 12.1 Å². The lowest BCUT2D eigenvalue weighted by Gasteiger charge is -2.27. The van der Waals surface area contributed by atoms with Crippen molar-refractivity contribution in [2.45, 2.75) is 39.2 Å². The van der Waals surface area contributed by atoms with Crippen molar-refractivity contribution in [3.05, 3.63) is 0 Å². The quantitative estimate of drug-likeness (QED) is 0.630. The molecule has 0 fully saturated rings. The zero-order valence-corrected chi connectivity index (χ0v) is 8.48. The Morgan fingerprint density at radius 2 is 2.23 bits per heavy atom. The molecule has 1 unspecified atom stereocenters. The van der Waals surface area contributed by atoms with Gasteiger partial charge in [0.05, 0.1) is 0 Å². The summed E-state index contributed by atoms with van der Waals surface area (Å²) in [5.74, 6) is 4.67. The molecule has 3 heteroatoms. The van der Waals surface area contributed by atoms with E-state index >= 15 is 0 Å². The third kappa shape index (κ3) is 4.54. The summed E-state index contributed by atoms with van der Waals surface area (Å²) in [7, 11) is 0. The van der Waals surface area contributed by atoms with E-state index in [0.29, 0.717) is 6.42 Å². The fourth-order valence-corrected chi connectivity index (χ4v) is 0.993. The van der Waals surface area contributed by atoms with Gasteiger partial charge in [-0.3, -0.25) is 4.79 Å². The number of hydrogen-bond donors (Lipinski definition) is 2. The SMILES string of the molecule is CC#CC(=O)NC(C)(CC)CCO. The number of carbonyl (C=O) groups is 1. The van der Waals surface area contributed by atoms with Crippen LogP contribution in [0.2, 0.25) is 0 Å². The van der Waals surface area contributed by atoms with Gasteiger partial charge in [-0.15, -0.1) is 0 Å². The first-order valence-corrected chi connectivity index (χ1v) is 4.43. The van der Waals surface area contributed by atoms with E-state index in [4.69, 9.17) is 5.11 Å². The lowest BCUT2D eigenvalue weighted by atomic mass is 9.95. The number of amides is 1. The third-order valence-electron chi connectivity index (χ3n) is 2.10. The maximum atomic E-state index is 11.1. The Labute approximate surface area is 79.5 Å². The minimum atomic E-state index is -0.338. The van der Waals surface area contributed by atoms with Gasteiger partial charge in [0.2, 0.25) is 0 Å². The average molecular weight is 183 g/mol. The molecule has 2 N–H and O–H groups in total.